The van der Waals surface area contributed by atoms with Crippen LogP contribution in [-0.2, 0) is 9.84 Å². The summed E-state index contributed by atoms with van der Waals surface area (Å²) < 4.78 is 23.0. The van der Waals surface area contributed by atoms with Gasteiger partial charge in [-0.05, 0) is 29.3 Å². The van der Waals surface area contributed by atoms with Crippen LogP contribution in [0.2, 0.25) is 0 Å². The number of nitrogens with zero attached hydrogens (tertiary/aromatic N) is 3. The molecule has 114 valence electrons. The van der Waals surface area contributed by atoms with Crippen LogP contribution in [0.25, 0.3) is 22.4 Å². The smallest absolute Gasteiger partial charge is 0.175 e. The Balaban J connectivity index is 2.02. The Morgan fingerprint density at radius 3 is 2.39 bits per heavy atom. The molecule has 7 heteroatoms. The molecule has 0 fully saturated rings. The van der Waals surface area contributed by atoms with Crippen LogP contribution in [-0.4, -0.2) is 30.1 Å². The highest BCUT2D eigenvalue weighted by Gasteiger charge is 2.11. The van der Waals surface area contributed by atoms with Crippen molar-refractivity contribution in [2.75, 3.05) is 6.26 Å². The van der Waals surface area contributed by atoms with E-state index in [9.17, 15) is 8.42 Å². The summed E-state index contributed by atoms with van der Waals surface area (Å²) in [6.45, 7) is 0. The average Bonchev–Trinajstić information content (AvgIpc) is 3.03. The Labute approximate surface area is 133 Å². The fourth-order valence-electron chi connectivity index (χ4n) is 2.25. The molecule has 0 atom stereocenters. The van der Waals surface area contributed by atoms with Crippen molar-refractivity contribution in [2.24, 2.45) is 0 Å². The third kappa shape index (κ3) is 2.98. The lowest BCUT2D eigenvalue weighted by Crippen LogP contribution is -1.96. The van der Waals surface area contributed by atoms with Crippen molar-refractivity contribution in [3.8, 4) is 28.5 Å². The lowest BCUT2D eigenvalue weighted by atomic mass is 10.0. The fraction of sp³-hybridized carbons (Fsp3) is 0.0625. The standard InChI is InChI=1S/C16H12N4O2S/c1-23(21,22)14-7-5-11(6-8-14)12-3-2-4-13(9-12)16-15(10-17)18-20-19-16/h2-9H,1H3,(H,18,19,20). The van der Waals surface area contributed by atoms with Gasteiger partial charge in [0.25, 0.3) is 0 Å². The SMILES string of the molecule is CS(=O)(=O)c1ccc(-c2cccc(-c3nn[nH]c3C#N)c2)cc1. The summed E-state index contributed by atoms with van der Waals surface area (Å²) >= 11 is 0. The number of sulfone groups is 1. The van der Waals surface area contributed by atoms with Gasteiger partial charge in [-0.15, -0.1) is 5.10 Å². The van der Waals surface area contributed by atoms with Crippen LogP contribution in [0.5, 0.6) is 0 Å². The number of rotatable bonds is 3. The minimum atomic E-state index is -3.21. The van der Waals surface area contributed by atoms with Crippen LogP contribution in [0.4, 0.5) is 0 Å². The number of aromatic amines is 1. The second-order valence-corrected chi connectivity index (χ2v) is 7.04. The predicted molar refractivity (Wildman–Crippen MR) is 85.1 cm³/mol. The van der Waals surface area contributed by atoms with Crippen LogP contribution in [0.3, 0.4) is 0 Å². The van der Waals surface area contributed by atoms with Gasteiger partial charge in [0, 0.05) is 11.8 Å². The van der Waals surface area contributed by atoms with Gasteiger partial charge < -0.3 is 0 Å². The van der Waals surface area contributed by atoms with Gasteiger partial charge in [-0.2, -0.15) is 5.26 Å². The van der Waals surface area contributed by atoms with Crippen LogP contribution in [0, 0.1) is 11.3 Å². The number of nitriles is 1. The number of hydrogen-bond acceptors (Lipinski definition) is 5. The van der Waals surface area contributed by atoms with Crippen molar-refractivity contribution in [2.45, 2.75) is 4.90 Å². The molecule has 3 rings (SSSR count). The largest absolute Gasteiger partial charge is 0.247 e. The molecule has 0 aliphatic heterocycles. The zero-order valence-electron chi connectivity index (χ0n) is 12.2. The predicted octanol–water partition coefficient (Wildman–Crippen LogP) is 2.41. The van der Waals surface area contributed by atoms with E-state index in [0.29, 0.717) is 11.4 Å². The first-order chi connectivity index (χ1) is 11.0. The summed E-state index contributed by atoms with van der Waals surface area (Å²) in [5.74, 6) is 0. The van der Waals surface area contributed by atoms with Crippen molar-refractivity contribution in [1.82, 2.24) is 15.4 Å². The number of hydrogen-bond donors (Lipinski definition) is 1. The number of aromatic nitrogens is 3. The first kappa shape index (κ1) is 14.9. The Kier molecular flexibility index (Phi) is 3.68. The zero-order chi connectivity index (χ0) is 16.4. The third-order valence-electron chi connectivity index (χ3n) is 3.41. The molecule has 1 aromatic heterocycles. The van der Waals surface area contributed by atoms with E-state index >= 15 is 0 Å². The van der Waals surface area contributed by atoms with Crippen LogP contribution >= 0.6 is 0 Å². The summed E-state index contributed by atoms with van der Waals surface area (Å²) in [7, 11) is -3.21. The first-order valence-electron chi connectivity index (χ1n) is 6.71. The van der Waals surface area contributed by atoms with Gasteiger partial charge in [0.2, 0.25) is 0 Å². The summed E-state index contributed by atoms with van der Waals surface area (Å²) in [4.78, 5) is 0.278. The second-order valence-electron chi connectivity index (χ2n) is 5.02. The summed E-state index contributed by atoms with van der Waals surface area (Å²) in [5, 5.41) is 19.2. The van der Waals surface area contributed by atoms with E-state index in [0.717, 1.165) is 16.7 Å². The molecule has 0 aliphatic rings. The zero-order valence-corrected chi connectivity index (χ0v) is 13.0. The van der Waals surface area contributed by atoms with E-state index < -0.39 is 9.84 Å². The summed E-state index contributed by atoms with van der Waals surface area (Å²) in [6, 6.07) is 16.2. The molecule has 1 heterocycles. The highest BCUT2D eigenvalue weighted by molar-refractivity contribution is 7.90. The molecule has 0 amide bonds. The summed E-state index contributed by atoms with van der Waals surface area (Å²) in [6.07, 6.45) is 1.18. The third-order valence-corrected chi connectivity index (χ3v) is 4.54. The van der Waals surface area contributed by atoms with Gasteiger partial charge in [0.1, 0.15) is 11.8 Å². The van der Waals surface area contributed by atoms with E-state index in [1.54, 1.807) is 24.3 Å². The highest BCUT2D eigenvalue weighted by atomic mass is 32.2. The van der Waals surface area contributed by atoms with Gasteiger partial charge in [0.15, 0.2) is 15.5 Å². The quantitative estimate of drug-likeness (QED) is 0.797. The minimum absolute atomic E-state index is 0.278. The number of benzene rings is 2. The molecule has 0 radical (unpaired) electrons. The molecule has 3 aromatic rings. The van der Waals surface area contributed by atoms with E-state index in [1.165, 1.54) is 6.26 Å². The summed E-state index contributed by atoms with van der Waals surface area (Å²) in [5.41, 5.74) is 3.33. The van der Waals surface area contributed by atoms with Crippen molar-refractivity contribution in [1.29, 1.82) is 5.26 Å². The molecule has 2 aromatic carbocycles. The Morgan fingerprint density at radius 2 is 1.74 bits per heavy atom. The van der Waals surface area contributed by atoms with Crippen LogP contribution in [0.1, 0.15) is 5.69 Å². The Bertz CT molecular complexity index is 999. The van der Waals surface area contributed by atoms with E-state index in [4.69, 9.17) is 5.26 Å². The monoisotopic (exact) mass is 324 g/mol. The molecular formula is C16H12N4O2S. The van der Waals surface area contributed by atoms with Gasteiger partial charge in [-0.25, -0.2) is 13.5 Å². The van der Waals surface area contributed by atoms with Gasteiger partial charge >= 0.3 is 0 Å². The second kappa shape index (κ2) is 5.66. The first-order valence-corrected chi connectivity index (χ1v) is 8.60. The molecule has 23 heavy (non-hydrogen) atoms. The molecule has 0 bridgehead atoms. The topological polar surface area (TPSA) is 99.5 Å². The molecule has 6 nitrogen and oxygen atoms in total. The Morgan fingerprint density at radius 1 is 1.04 bits per heavy atom. The highest BCUT2D eigenvalue weighted by Crippen LogP contribution is 2.27. The normalized spacial score (nSPS) is 11.1. The Hall–Kier alpha value is -2.98. The van der Waals surface area contributed by atoms with E-state index in [1.807, 2.05) is 30.3 Å². The molecule has 0 unspecified atom stereocenters. The lowest BCUT2D eigenvalue weighted by Gasteiger charge is -2.05. The van der Waals surface area contributed by atoms with Gasteiger partial charge in [0.05, 0.1) is 4.90 Å². The van der Waals surface area contributed by atoms with Crippen molar-refractivity contribution in [3.63, 3.8) is 0 Å². The molecule has 0 saturated heterocycles. The molecule has 0 aliphatic carbocycles. The van der Waals surface area contributed by atoms with Crippen molar-refractivity contribution >= 4 is 9.84 Å². The average molecular weight is 324 g/mol. The molecule has 0 spiro atoms. The van der Waals surface area contributed by atoms with Gasteiger partial charge in [-0.3, -0.25) is 0 Å². The minimum Gasteiger partial charge on any atom is -0.247 e. The number of nitrogens with one attached hydrogen (secondary N) is 1. The fourth-order valence-corrected chi connectivity index (χ4v) is 2.88. The molecule has 1 N–H and O–H groups in total. The molecule has 0 saturated carbocycles. The lowest BCUT2D eigenvalue weighted by molar-refractivity contribution is 0.602. The van der Waals surface area contributed by atoms with Crippen molar-refractivity contribution < 1.29 is 8.42 Å². The van der Waals surface area contributed by atoms with E-state index in [-0.39, 0.29) is 4.90 Å². The maximum atomic E-state index is 11.5. The van der Waals surface area contributed by atoms with Crippen molar-refractivity contribution in [3.05, 3.63) is 54.2 Å². The maximum Gasteiger partial charge on any atom is 0.175 e. The van der Waals surface area contributed by atoms with Gasteiger partial charge in [-0.1, -0.05) is 35.5 Å². The number of H-pyrrole nitrogens is 1. The maximum absolute atomic E-state index is 11.5. The van der Waals surface area contributed by atoms with E-state index in [2.05, 4.69) is 15.4 Å². The van der Waals surface area contributed by atoms with Crippen LogP contribution < -0.4 is 0 Å². The molecular weight excluding hydrogens is 312 g/mol. The van der Waals surface area contributed by atoms with Crippen LogP contribution in [0.15, 0.2) is 53.4 Å².